The molecular formula is C17H14BrNO2. The molecule has 106 valence electrons. The molecule has 0 amide bonds. The number of halogens is 1. The lowest BCUT2D eigenvalue weighted by Gasteiger charge is -2.09. The maximum atomic E-state index is 5.87. The van der Waals surface area contributed by atoms with Crippen LogP contribution in [0.2, 0.25) is 0 Å². The fraction of sp³-hybridized carbons (Fsp3) is 0.0588. The smallest absolute Gasteiger partial charge is 0.133 e. The van der Waals surface area contributed by atoms with E-state index in [9.17, 15) is 0 Å². The van der Waals surface area contributed by atoms with Gasteiger partial charge in [-0.3, -0.25) is 0 Å². The van der Waals surface area contributed by atoms with E-state index in [0.29, 0.717) is 17.2 Å². The third-order valence-electron chi connectivity index (χ3n) is 3.15. The maximum Gasteiger partial charge on any atom is 0.133 e. The van der Waals surface area contributed by atoms with Crippen LogP contribution in [0.1, 0.15) is 0 Å². The first-order chi connectivity index (χ1) is 10.1. The number of anilines is 1. The molecular weight excluding hydrogens is 330 g/mol. The minimum atomic E-state index is 0.606. The van der Waals surface area contributed by atoms with Crippen LogP contribution >= 0.6 is 15.9 Å². The number of benzene rings is 3. The number of fused-ring (bicyclic) bond motifs is 1. The minimum Gasteiger partial charge on any atom is -0.497 e. The summed E-state index contributed by atoms with van der Waals surface area (Å²) in [7, 11) is 1.60. The molecule has 0 bridgehead atoms. The number of methoxy groups -OCH3 is 1. The summed E-state index contributed by atoms with van der Waals surface area (Å²) in [5.41, 5.74) is 6.44. The van der Waals surface area contributed by atoms with Crippen LogP contribution in [0.3, 0.4) is 0 Å². The Labute approximate surface area is 131 Å². The third kappa shape index (κ3) is 3.11. The highest BCUT2D eigenvalue weighted by Crippen LogP contribution is 2.30. The summed E-state index contributed by atoms with van der Waals surface area (Å²) in [6, 6.07) is 17.4. The third-order valence-corrected chi connectivity index (χ3v) is 3.64. The first-order valence-electron chi connectivity index (χ1n) is 6.46. The van der Waals surface area contributed by atoms with Crippen LogP contribution in [0.25, 0.3) is 10.8 Å². The topological polar surface area (TPSA) is 44.5 Å². The average molecular weight is 344 g/mol. The van der Waals surface area contributed by atoms with Gasteiger partial charge in [0.25, 0.3) is 0 Å². The Morgan fingerprint density at radius 2 is 1.52 bits per heavy atom. The molecule has 0 aliphatic rings. The van der Waals surface area contributed by atoms with Crippen molar-refractivity contribution in [1.82, 2.24) is 0 Å². The Morgan fingerprint density at radius 1 is 0.810 bits per heavy atom. The van der Waals surface area contributed by atoms with Gasteiger partial charge in [0.15, 0.2) is 0 Å². The molecule has 0 radical (unpaired) electrons. The van der Waals surface area contributed by atoms with Crippen LogP contribution in [0.5, 0.6) is 17.2 Å². The van der Waals surface area contributed by atoms with E-state index in [4.69, 9.17) is 15.2 Å². The highest BCUT2D eigenvalue weighted by Gasteiger charge is 2.03. The summed E-state index contributed by atoms with van der Waals surface area (Å²) in [5.74, 6) is 2.09. The molecule has 0 saturated heterocycles. The van der Waals surface area contributed by atoms with Gasteiger partial charge in [-0.15, -0.1) is 0 Å². The molecule has 3 aromatic carbocycles. The van der Waals surface area contributed by atoms with Gasteiger partial charge in [-0.2, -0.15) is 0 Å². The summed E-state index contributed by atoms with van der Waals surface area (Å²) >= 11 is 3.47. The van der Waals surface area contributed by atoms with Crippen molar-refractivity contribution in [2.75, 3.05) is 12.8 Å². The van der Waals surface area contributed by atoms with E-state index in [1.165, 1.54) is 0 Å². The van der Waals surface area contributed by atoms with Crippen LogP contribution in [-0.4, -0.2) is 7.11 Å². The first kappa shape index (κ1) is 13.8. The van der Waals surface area contributed by atoms with Crippen LogP contribution in [0, 0.1) is 0 Å². The van der Waals surface area contributed by atoms with Gasteiger partial charge in [-0.25, -0.2) is 0 Å². The summed E-state index contributed by atoms with van der Waals surface area (Å²) in [5, 5.41) is 2.27. The van der Waals surface area contributed by atoms with Crippen molar-refractivity contribution >= 4 is 32.4 Å². The number of ether oxygens (including phenoxy) is 2. The fourth-order valence-electron chi connectivity index (χ4n) is 2.16. The molecule has 0 unspecified atom stereocenters. The molecule has 0 aliphatic carbocycles. The van der Waals surface area contributed by atoms with E-state index in [2.05, 4.69) is 22.0 Å². The second kappa shape index (κ2) is 5.66. The van der Waals surface area contributed by atoms with Crippen molar-refractivity contribution in [2.45, 2.75) is 0 Å². The number of nitrogen functional groups attached to an aromatic ring is 1. The number of nitrogens with two attached hydrogens (primary N) is 1. The second-order valence-corrected chi connectivity index (χ2v) is 5.61. The lowest BCUT2D eigenvalue weighted by molar-refractivity contribution is 0.409. The molecule has 0 spiro atoms. The van der Waals surface area contributed by atoms with Gasteiger partial charge in [0.1, 0.15) is 17.2 Å². The van der Waals surface area contributed by atoms with Crippen LogP contribution in [0.15, 0.2) is 59.1 Å². The van der Waals surface area contributed by atoms with Gasteiger partial charge in [-0.05, 0) is 35.0 Å². The van der Waals surface area contributed by atoms with Gasteiger partial charge in [-0.1, -0.05) is 28.1 Å². The Morgan fingerprint density at radius 3 is 2.33 bits per heavy atom. The lowest BCUT2D eigenvalue weighted by atomic mass is 10.1. The summed E-state index contributed by atoms with van der Waals surface area (Å²) in [6.07, 6.45) is 0. The summed E-state index contributed by atoms with van der Waals surface area (Å²) < 4.78 is 12.1. The zero-order valence-corrected chi connectivity index (χ0v) is 13.1. The van der Waals surface area contributed by atoms with Gasteiger partial charge < -0.3 is 15.2 Å². The SMILES string of the molecule is COc1cc(N)cc(Oc2ccc3cc(Br)ccc3c2)c1. The number of hydrogen-bond donors (Lipinski definition) is 1. The van der Waals surface area contributed by atoms with Crippen LogP contribution in [0.4, 0.5) is 5.69 Å². The zero-order chi connectivity index (χ0) is 14.8. The molecule has 3 aromatic rings. The van der Waals surface area contributed by atoms with Gasteiger partial charge in [0.2, 0.25) is 0 Å². The molecule has 3 nitrogen and oxygen atoms in total. The molecule has 3 rings (SSSR count). The Kier molecular flexibility index (Phi) is 3.71. The van der Waals surface area contributed by atoms with Gasteiger partial charge in [0, 0.05) is 28.4 Å². The zero-order valence-electron chi connectivity index (χ0n) is 11.5. The highest BCUT2D eigenvalue weighted by atomic mass is 79.9. The van der Waals surface area contributed by atoms with E-state index in [1.54, 1.807) is 19.2 Å². The van der Waals surface area contributed by atoms with E-state index in [1.807, 2.05) is 36.4 Å². The Bertz CT molecular complexity index is 802. The van der Waals surface area contributed by atoms with Gasteiger partial charge >= 0.3 is 0 Å². The van der Waals surface area contributed by atoms with E-state index in [0.717, 1.165) is 21.0 Å². The monoisotopic (exact) mass is 343 g/mol. The number of rotatable bonds is 3. The molecule has 0 atom stereocenters. The molecule has 0 aliphatic heterocycles. The van der Waals surface area contributed by atoms with Crippen molar-refractivity contribution in [2.24, 2.45) is 0 Å². The number of hydrogen-bond acceptors (Lipinski definition) is 3. The molecule has 4 heteroatoms. The van der Waals surface area contributed by atoms with Crippen molar-refractivity contribution < 1.29 is 9.47 Å². The Hall–Kier alpha value is -2.20. The van der Waals surface area contributed by atoms with E-state index >= 15 is 0 Å². The molecule has 0 fully saturated rings. The maximum absolute atomic E-state index is 5.87. The second-order valence-electron chi connectivity index (χ2n) is 4.70. The first-order valence-corrected chi connectivity index (χ1v) is 7.25. The average Bonchev–Trinajstić information content (AvgIpc) is 2.47. The van der Waals surface area contributed by atoms with Crippen molar-refractivity contribution in [1.29, 1.82) is 0 Å². The summed E-state index contributed by atoms with van der Waals surface area (Å²) in [6.45, 7) is 0. The largest absolute Gasteiger partial charge is 0.497 e. The molecule has 21 heavy (non-hydrogen) atoms. The standard InChI is InChI=1S/C17H14BrNO2/c1-20-16-8-14(19)9-17(10-16)21-15-5-3-11-6-13(18)4-2-12(11)7-15/h2-10H,19H2,1H3. The van der Waals surface area contributed by atoms with Gasteiger partial charge in [0.05, 0.1) is 7.11 Å². The van der Waals surface area contributed by atoms with Crippen molar-refractivity contribution in [3.05, 3.63) is 59.1 Å². The minimum absolute atomic E-state index is 0.606. The lowest BCUT2D eigenvalue weighted by Crippen LogP contribution is -1.91. The molecule has 0 heterocycles. The van der Waals surface area contributed by atoms with E-state index in [-0.39, 0.29) is 0 Å². The summed E-state index contributed by atoms with van der Waals surface area (Å²) in [4.78, 5) is 0. The predicted octanol–water partition coefficient (Wildman–Crippen LogP) is 4.99. The quantitative estimate of drug-likeness (QED) is 0.681. The normalized spacial score (nSPS) is 10.6. The predicted molar refractivity (Wildman–Crippen MR) is 89.1 cm³/mol. The van der Waals surface area contributed by atoms with Crippen LogP contribution in [-0.2, 0) is 0 Å². The fourth-order valence-corrected chi connectivity index (χ4v) is 2.54. The Balaban J connectivity index is 1.94. The molecule has 0 aromatic heterocycles. The van der Waals surface area contributed by atoms with E-state index < -0.39 is 0 Å². The van der Waals surface area contributed by atoms with Crippen LogP contribution < -0.4 is 15.2 Å². The highest BCUT2D eigenvalue weighted by molar-refractivity contribution is 9.10. The molecule has 2 N–H and O–H groups in total. The van der Waals surface area contributed by atoms with Crippen molar-refractivity contribution in [3.63, 3.8) is 0 Å². The van der Waals surface area contributed by atoms with Crippen molar-refractivity contribution in [3.8, 4) is 17.2 Å². The molecule has 0 saturated carbocycles.